The van der Waals surface area contributed by atoms with Gasteiger partial charge in [-0.05, 0) is 70.4 Å². The average Bonchev–Trinajstić information content (AvgIpc) is 3.20. The summed E-state index contributed by atoms with van der Waals surface area (Å²) >= 11 is 0. The highest BCUT2D eigenvalue weighted by atomic mass is 16.6. The van der Waals surface area contributed by atoms with Crippen molar-refractivity contribution in [3.05, 3.63) is 59.2 Å². The van der Waals surface area contributed by atoms with Crippen LogP contribution in [0.1, 0.15) is 94.1 Å². The zero-order valence-corrected chi connectivity index (χ0v) is 36.9. The standard InChI is InChI=1S/C44H67N5O10/c1-13-26(5)37-40(53)46-31(10)44(57)59-38(27(6)14-2)29(8)34(50)21-20-28(7)43(56)58-35(22-25(3)4)39(52)45-30(9)41(54)49(12)33(23-32-18-16-15-17-19-32)42(55)48(11)24-36(51)47-37/h14-20,25-26,29-31,33-35,37-38,50H,13,21-24H2,1-12H3,(H,45,52)(H,46,53)(H,47,51)/b27-14+,28-20+/t26?,29-,30-,31+,33+,34-,35+,37-,38+/m0/s1. The summed E-state index contributed by atoms with van der Waals surface area (Å²) in [6, 6.07) is 4.53. The predicted octanol–water partition coefficient (Wildman–Crippen LogP) is 3.24. The van der Waals surface area contributed by atoms with E-state index in [1.165, 1.54) is 50.7 Å². The molecule has 1 aromatic carbocycles. The largest absolute Gasteiger partial charge is 0.456 e. The normalized spacial score (nSPS) is 28.8. The van der Waals surface area contributed by atoms with E-state index in [1.54, 1.807) is 58.0 Å². The number of allylic oxidation sites excluding steroid dienone is 1. The lowest BCUT2D eigenvalue weighted by molar-refractivity contribution is -0.155. The Kier molecular flexibility index (Phi) is 20.0. The average molecular weight is 826 g/mol. The first kappa shape index (κ1) is 50.1. The maximum absolute atomic E-state index is 14.1. The first-order valence-electron chi connectivity index (χ1n) is 20.5. The van der Waals surface area contributed by atoms with Crippen LogP contribution in [-0.4, -0.2) is 120 Å². The molecule has 2 rings (SSSR count). The summed E-state index contributed by atoms with van der Waals surface area (Å²) in [5, 5.41) is 19.3. The van der Waals surface area contributed by atoms with Gasteiger partial charge in [-0.2, -0.15) is 0 Å². The molecule has 9 atom stereocenters. The zero-order chi connectivity index (χ0) is 44.7. The second-order valence-corrected chi connectivity index (χ2v) is 16.2. The van der Waals surface area contributed by atoms with Crippen LogP contribution in [0.15, 0.2) is 53.6 Å². The molecule has 1 aromatic rings. The quantitative estimate of drug-likeness (QED) is 0.234. The molecule has 5 amide bonds. The van der Waals surface area contributed by atoms with Crippen LogP contribution >= 0.6 is 0 Å². The van der Waals surface area contributed by atoms with Gasteiger partial charge in [0, 0.05) is 32.0 Å². The van der Waals surface area contributed by atoms with Gasteiger partial charge in [-0.25, -0.2) is 9.59 Å². The lowest BCUT2D eigenvalue weighted by atomic mass is 9.90. The number of esters is 2. The van der Waals surface area contributed by atoms with Crippen molar-refractivity contribution < 1.29 is 48.1 Å². The number of benzene rings is 1. The fourth-order valence-electron chi connectivity index (χ4n) is 6.55. The number of carbonyl (C=O) groups is 7. The Hall–Kier alpha value is -5.05. The van der Waals surface area contributed by atoms with E-state index in [2.05, 4.69) is 16.0 Å². The van der Waals surface area contributed by atoms with Gasteiger partial charge in [-0.3, -0.25) is 24.0 Å². The van der Waals surface area contributed by atoms with E-state index in [9.17, 15) is 38.7 Å². The van der Waals surface area contributed by atoms with E-state index in [0.29, 0.717) is 12.0 Å². The number of rotatable bonds is 7. The third-order valence-electron chi connectivity index (χ3n) is 10.8. The third-order valence-corrected chi connectivity index (χ3v) is 10.8. The Bertz CT molecular complexity index is 1700. The number of aliphatic hydroxyl groups excluding tert-OH is 1. The van der Waals surface area contributed by atoms with Crippen LogP contribution in [0.5, 0.6) is 0 Å². The highest BCUT2D eigenvalue weighted by Gasteiger charge is 2.36. The van der Waals surface area contributed by atoms with Crippen LogP contribution in [-0.2, 0) is 49.5 Å². The molecule has 15 nitrogen and oxygen atoms in total. The van der Waals surface area contributed by atoms with Gasteiger partial charge in [0.25, 0.3) is 5.91 Å². The second-order valence-electron chi connectivity index (χ2n) is 16.2. The van der Waals surface area contributed by atoms with E-state index in [-0.39, 0.29) is 36.7 Å². The van der Waals surface area contributed by atoms with Gasteiger partial charge in [-0.15, -0.1) is 0 Å². The monoisotopic (exact) mass is 825 g/mol. The van der Waals surface area contributed by atoms with Gasteiger partial charge < -0.3 is 40.3 Å². The molecule has 0 radical (unpaired) electrons. The summed E-state index contributed by atoms with van der Waals surface area (Å²) in [5.41, 5.74) is 1.51. The summed E-state index contributed by atoms with van der Waals surface area (Å²) in [6.45, 7) is 16.5. The topological polar surface area (TPSA) is 201 Å². The number of cyclic esters (lactones) is 2. The molecule has 1 aliphatic rings. The smallest absolute Gasteiger partial charge is 0.334 e. The Morgan fingerprint density at radius 2 is 1.51 bits per heavy atom. The fourth-order valence-corrected chi connectivity index (χ4v) is 6.55. The highest BCUT2D eigenvalue weighted by molar-refractivity contribution is 5.96. The lowest BCUT2D eigenvalue weighted by Gasteiger charge is -2.33. The van der Waals surface area contributed by atoms with Crippen molar-refractivity contribution in [2.45, 2.75) is 137 Å². The Labute approximate surface area is 349 Å². The summed E-state index contributed by atoms with van der Waals surface area (Å²) in [4.78, 5) is 98.0. The number of nitrogens with zero attached hydrogens (tertiary/aromatic N) is 2. The van der Waals surface area contributed by atoms with E-state index in [1.807, 2.05) is 26.8 Å². The molecule has 0 aliphatic carbocycles. The predicted molar refractivity (Wildman–Crippen MR) is 223 cm³/mol. The fraction of sp³-hybridized carbons (Fsp3) is 0.614. The number of ether oxygens (including phenoxy) is 2. The molecule has 328 valence electrons. The van der Waals surface area contributed by atoms with Crippen molar-refractivity contribution in [1.29, 1.82) is 0 Å². The molecule has 59 heavy (non-hydrogen) atoms. The summed E-state index contributed by atoms with van der Waals surface area (Å²) < 4.78 is 11.5. The van der Waals surface area contributed by atoms with Crippen LogP contribution in [0, 0.1) is 17.8 Å². The summed E-state index contributed by atoms with van der Waals surface area (Å²) in [5.74, 6) is -5.83. The summed E-state index contributed by atoms with van der Waals surface area (Å²) in [6.07, 6.45) is 0.687. The summed E-state index contributed by atoms with van der Waals surface area (Å²) in [7, 11) is 2.85. The minimum absolute atomic E-state index is 0.0211. The van der Waals surface area contributed by atoms with Gasteiger partial charge >= 0.3 is 11.9 Å². The number of aliphatic hydroxyl groups is 1. The van der Waals surface area contributed by atoms with Gasteiger partial charge in [0.15, 0.2) is 6.10 Å². The molecule has 1 heterocycles. The van der Waals surface area contributed by atoms with Crippen molar-refractivity contribution >= 4 is 41.5 Å². The van der Waals surface area contributed by atoms with E-state index < -0.39 is 96.4 Å². The minimum Gasteiger partial charge on any atom is -0.456 e. The van der Waals surface area contributed by atoms with Crippen LogP contribution in [0.2, 0.25) is 0 Å². The molecule has 4 N–H and O–H groups in total. The van der Waals surface area contributed by atoms with E-state index in [4.69, 9.17) is 9.47 Å². The van der Waals surface area contributed by atoms with E-state index >= 15 is 0 Å². The van der Waals surface area contributed by atoms with Gasteiger partial charge in [0.05, 0.1) is 12.6 Å². The maximum atomic E-state index is 14.1. The number of hydrogen-bond acceptors (Lipinski definition) is 10. The minimum atomic E-state index is -1.26. The Morgan fingerprint density at radius 3 is 2.08 bits per heavy atom. The number of likely N-dealkylation sites (N-methyl/N-ethyl adjacent to an activating group) is 2. The number of nitrogens with one attached hydrogen (secondary N) is 3. The molecular formula is C44H67N5O10. The first-order chi connectivity index (χ1) is 27.6. The third kappa shape index (κ3) is 14.9. The highest BCUT2D eigenvalue weighted by Crippen LogP contribution is 2.24. The molecule has 0 spiro atoms. The van der Waals surface area contributed by atoms with Gasteiger partial charge in [-0.1, -0.05) is 83.5 Å². The molecule has 0 fully saturated rings. The SMILES string of the molecule is C/C=C(\C)[C@H]1OC(=O)[C@@H](C)NC(=O)[C@H](C(C)CC)NC(=O)CN(C)C(=O)[C@@H](Cc2ccccc2)N(C)C(=O)[C@H](C)NC(=O)[C@@H](CC(C)C)OC(=O)/C(C)=C/C[C@H](O)[C@@H]1C. The number of hydrogen-bond donors (Lipinski definition) is 4. The Morgan fingerprint density at radius 1 is 0.898 bits per heavy atom. The maximum Gasteiger partial charge on any atom is 0.334 e. The molecule has 0 bridgehead atoms. The van der Waals surface area contributed by atoms with Crippen molar-refractivity contribution in [2.75, 3.05) is 20.6 Å². The molecule has 15 heteroatoms. The van der Waals surface area contributed by atoms with E-state index in [0.717, 1.165) is 5.56 Å². The van der Waals surface area contributed by atoms with Gasteiger partial charge in [0.2, 0.25) is 23.6 Å². The van der Waals surface area contributed by atoms with Crippen molar-refractivity contribution in [1.82, 2.24) is 25.8 Å². The zero-order valence-electron chi connectivity index (χ0n) is 36.9. The van der Waals surface area contributed by atoms with Crippen LogP contribution in [0.3, 0.4) is 0 Å². The number of carbonyl (C=O) groups excluding carboxylic acids is 7. The number of amides is 5. The van der Waals surface area contributed by atoms with Gasteiger partial charge in [0.1, 0.15) is 30.3 Å². The second kappa shape index (κ2) is 23.5. The van der Waals surface area contributed by atoms with Crippen molar-refractivity contribution in [2.24, 2.45) is 17.8 Å². The Balaban J connectivity index is 2.62. The molecule has 0 saturated heterocycles. The molecule has 0 saturated carbocycles. The molecule has 1 unspecified atom stereocenters. The van der Waals surface area contributed by atoms with Crippen LogP contribution in [0.25, 0.3) is 0 Å². The van der Waals surface area contributed by atoms with Crippen LogP contribution in [0.4, 0.5) is 0 Å². The van der Waals surface area contributed by atoms with Crippen molar-refractivity contribution in [3.8, 4) is 0 Å². The first-order valence-corrected chi connectivity index (χ1v) is 20.5. The van der Waals surface area contributed by atoms with Crippen LogP contribution < -0.4 is 16.0 Å². The van der Waals surface area contributed by atoms with Crippen molar-refractivity contribution in [3.63, 3.8) is 0 Å². The molecule has 1 aliphatic heterocycles. The lowest BCUT2D eigenvalue weighted by Crippen LogP contribution is -2.57. The molecule has 0 aromatic heterocycles. The molecular weight excluding hydrogens is 759 g/mol.